The molecule has 0 aromatic heterocycles. The van der Waals surface area contributed by atoms with E-state index in [9.17, 15) is 53.9 Å². The first-order chi connectivity index (χ1) is 26.9. The Kier molecular flexibility index (Phi) is 19.4. The number of carbonyl (C=O) groups excluding carboxylic acids is 6. The van der Waals surface area contributed by atoms with Gasteiger partial charge in [-0.15, -0.1) is 5.43 Å². The third-order valence-corrected chi connectivity index (χ3v) is 8.62. The highest BCUT2D eigenvalue weighted by molar-refractivity contribution is 5.96. The number of hydrogen-bond donors (Lipinski definition) is 10. The fraction of sp³-hybridized carbons (Fsp3) is 0.486. The van der Waals surface area contributed by atoms with E-state index in [2.05, 4.69) is 31.9 Å². The van der Waals surface area contributed by atoms with Crippen LogP contribution in [0, 0.1) is 16.0 Å². The summed E-state index contributed by atoms with van der Waals surface area (Å²) in [6.45, 7) is 5.66. The maximum Gasteiger partial charge on any atom is 0.326 e. The number of carbonyl (C=O) groups is 7. The monoisotopic (exact) mass is 799 g/mol. The molecule has 0 aliphatic rings. The molecule has 20 nitrogen and oxygen atoms in total. The van der Waals surface area contributed by atoms with E-state index >= 15 is 0 Å². The lowest BCUT2D eigenvalue weighted by molar-refractivity contribution is -0.548. The van der Waals surface area contributed by atoms with Gasteiger partial charge in [0, 0.05) is 12.8 Å². The lowest BCUT2D eigenvalue weighted by Gasteiger charge is -2.25. The third-order valence-electron chi connectivity index (χ3n) is 8.62. The van der Waals surface area contributed by atoms with Crippen LogP contribution in [-0.2, 0) is 46.4 Å². The second kappa shape index (κ2) is 23.6. The molecule has 312 valence electrons. The van der Waals surface area contributed by atoms with Crippen molar-refractivity contribution >= 4 is 41.4 Å². The van der Waals surface area contributed by atoms with Gasteiger partial charge in [0.25, 0.3) is 0 Å². The van der Waals surface area contributed by atoms with Crippen LogP contribution >= 0.6 is 0 Å². The standard InChI is InChI=1S/C37H53N9O11/c1-21(2)31(44-30(48)20-39-34(51)29(45-46(56)57)19-25-13-15-26(47)16-14-25)36(53)41-22(3)32(49)40-23(4)33(50)43-28(18-24-10-6-5-7-11-24)35(52)42-27(37(54)55)12-8-9-17-38/h5-7,10-11,13-16,21-23,27-29,31,45,47H,8-9,12,17-20,38H2,1-4H3,(H,39,51)(H,40,49)(H,41,53)(H,42,52)(H,43,50)(H,44,48)(H,54,55)/t22-,23-,27-,28-,29-,31-/m0/s1. The summed E-state index contributed by atoms with van der Waals surface area (Å²) in [4.78, 5) is 101. The number of carboxylic acids is 1. The second-order valence-corrected chi connectivity index (χ2v) is 13.7. The number of unbranched alkanes of at least 4 members (excludes halogenated alkanes) is 1. The molecule has 0 fully saturated rings. The third kappa shape index (κ3) is 16.9. The first-order valence-corrected chi connectivity index (χ1v) is 18.4. The number of rotatable bonds is 24. The van der Waals surface area contributed by atoms with Crippen molar-refractivity contribution in [3.8, 4) is 5.75 Å². The normalized spacial score (nSPS) is 14.0. The van der Waals surface area contributed by atoms with Gasteiger partial charge in [0.05, 0.1) is 6.54 Å². The number of benzene rings is 2. The maximum absolute atomic E-state index is 13.3. The number of hydrazine groups is 1. The van der Waals surface area contributed by atoms with Gasteiger partial charge in [-0.3, -0.25) is 28.8 Å². The summed E-state index contributed by atoms with van der Waals surface area (Å²) < 4.78 is 0. The predicted octanol–water partition coefficient (Wildman–Crippen LogP) is -1.22. The fourth-order valence-corrected chi connectivity index (χ4v) is 5.39. The van der Waals surface area contributed by atoms with Crippen LogP contribution in [0.25, 0.3) is 0 Å². The SMILES string of the molecule is CC(C)[C@H](NC(=O)CNC(=O)[C@H](Cc1ccc(O)cc1)N[N+](=O)[O-])C(=O)N[C@@H](C)C(=O)N[C@@H](C)C(=O)N[C@@H](Cc1ccccc1)C(=O)N[C@@H](CCCCN)C(=O)O. The minimum absolute atomic E-state index is 0.0167. The molecule has 6 amide bonds. The molecule has 0 saturated heterocycles. The van der Waals surface area contributed by atoms with Crippen LogP contribution < -0.4 is 43.1 Å². The zero-order valence-electron chi connectivity index (χ0n) is 32.3. The molecule has 57 heavy (non-hydrogen) atoms. The molecule has 2 aromatic rings. The van der Waals surface area contributed by atoms with Gasteiger partial charge in [0.15, 0.2) is 11.1 Å². The molecule has 0 spiro atoms. The number of phenols is 1. The van der Waals surface area contributed by atoms with Crippen LogP contribution in [0.15, 0.2) is 54.6 Å². The zero-order chi connectivity index (χ0) is 42.7. The van der Waals surface area contributed by atoms with Gasteiger partial charge >= 0.3 is 5.97 Å². The number of hydrogen-bond acceptors (Lipinski definition) is 11. The van der Waals surface area contributed by atoms with Crippen molar-refractivity contribution in [2.75, 3.05) is 13.1 Å². The Morgan fingerprint density at radius 1 is 0.684 bits per heavy atom. The van der Waals surface area contributed by atoms with Gasteiger partial charge in [-0.2, -0.15) is 0 Å². The molecular formula is C37H53N9O11. The quantitative estimate of drug-likeness (QED) is 0.0339. The van der Waals surface area contributed by atoms with Gasteiger partial charge in [-0.1, -0.05) is 56.3 Å². The number of nitro groups is 1. The molecule has 0 aliphatic carbocycles. The lowest BCUT2D eigenvalue weighted by atomic mass is 10.0. The smallest absolute Gasteiger partial charge is 0.326 e. The average molecular weight is 800 g/mol. The molecular weight excluding hydrogens is 746 g/mol. The van der Waals surface area contributed by atoms with Crippen LogP contribution in [0.2, 0.25) is 0 Å². The molecule has 0 saturated carbocycles. The highest BCUT2D eigenvalue weighted by Gasteiger charge is 2.31. The summed E-state index contributed by atoms with van der Waals surface area (Å²) in [6.07, 6.45) is 1.03. The van der Waals surface area contributed by atoms with Gasteiger partial charge < -0.3 is 47.8 Å². The fourth-order valence-electron chi connectivity index (χ4n) is 5.39. The van der Waals surface area contributed by atoms with Gasteiger partial charge in [-0.05, 0) is 68.8 Å². The number of aliphatic carboxylic acids is 1. The molecule has 20 heteroatoms. The van der Waals surface area contributed by atoms with Crippen molar-refractivity contribution in [2.24, 2.45) is 11.7 Å². The Morgan fingerprint density at radius 2 is 1.23 bits per heavy atom. The van der Waals surface area contributed by atoms with Crippen molar-refractivity contribution in [1.29, 1.82) is 0 Å². The van der Waals surface area contributed by atoms with Crippen molar-refractivity contribution in [2.45, 2.75) is 96.1 Å². The van der Waals surface area contributed by atoms with Crippen LogP contribution in [0.1, 0.15) is 58.1 Å². The summed E-state index contributed by atoms with van der Waals surface area (Å²) in [5.41, 5.74) is 8.56. The number of nitrogens with one attached hydrogen (secondary N) is 7. The molecule has 0 bridgehead atoms. The summed E-state index contributed by atoms with van der Waals surface area (Å²) in [5.74, 6) is -6.50. The van der Waals surface area contributed by atoms with Gasteiger partial charge in [-0.25, -0.2) is 14.9 Å². The second-order valence-electron chi connectivity index (χ2n) is 13.7. The summed E-state index contributed by atoms with van der Waals surface area (Å²) in [5, 5.41) is 44.1. The summed E-state index contributed by atoms with van der Waals surface area (Å²) in [6, 6.07) is 6.94. The Labute approximate surface area is 329 Å². The molecule has 0 aliphatic heterocycles. The Hall–Kier alpha value is -6.31. The molecule has 2 rings (SSSR count). The highest BCUT2D eigenvalue weighted by atomic mass is 16.7. The Bertz CT molecular complexity index is 1690. The molecule has 2 aromatic carbocycles. The molecule has 0 radical (unpaired) electrons. The van der Waals surface area contributed by atoms with Crippen molar-refractivity contribution < 1.29 is 48.8 Å². The Morgan fingerprint density at radius 3 is 1.79 bits per heavy atom. The molecule has 11 N–H and O–H groups in total. The number of phenolic OH excluding ortho intramolecular Hbond substituents is 1. The predicted molar refractivity (Wildman–Crippen MR) is 205 cm³/mol. The maximum atomic E-state index is 13.3. The lowest BCUT2D eigenvalue weighted by Crippen LogP contribution is -2.58. The zero-order valence-corrected chi connectivity index (χ0v) is 32.3. The number of amides is 6. The minimum atomic E-state index is -1.38. The minimum Gasteiger partial charge on any atom is -0.508 e. The van der Waals surface area contributed by atoms with E-state index in [1.165, 1.54) is 38.1 Å². The van der Waals surface area contributed by atoms with Crippen LogP contribution in [0.3, 0.4) is 0 Å². The number of aromatic hydroxyl groups is 1. The molecule has 0 heterocycles. The van der Waals surface area contributed by atoms with Crippen molar-refractivity contribution in [3.05, 3.63) is 75.8 Å². The van der Waals surface area contributed by atoms with Crippen molar-refractivity contribution in [3.63, 3.8) is 0 Å². The number of carboxylic acid groups (broad SMARTS) is 1. The van der Waals surface area contributed by atoms with E-state index in [-0.39, 0.29) is 25.0 Å². The molecule has 6 atom stereocenters. The van der Waals surface area contributed by atoms with E-state index in [1.807, 2.05) is 5.43 Å². The topological polar surface area (TPSA) is 313 Å². The van der Waals surface area contributed by atoms with Crippen LogP contribution in [0.4, 0.5) is 0 Å². The summed E-state index contributed by atoms with van der Waals surface area (Å²) in [7, 11) is 0. The van der Waals surface area contributed by atoms with E-state index in [1.54, 1.807) is 44.2 Å². The number of nitrogens with zero attached hydrogens (tertiary/aromatic N) is 1. The van der Waals surface area contributed by atoms with E-state index in [4.69, 9.17) is 5.73 Å². The van der Waals surface area contributed by atoms with E-state index < -0.39 is 95.2 Å². The van der Waals surface area contributed by atoms with Gasteiger partial charge in [0.2, 0.25) is 35.4 Å². The largest absolute Gasteiger partial charge is 0.508 e. The van der Waals surface area contributed by atoms with Crippen molar-refractivity contribution in [1.82, 2.24) is 37.3 Å². The van der Waals surface area contributed by atoms with Crippen LogP contribution in [0.5, 0.6) is 5.75 Å². The van der Waals surface area contributed by atoms with E-state index in [0.29, 0.717) is 30.5 Å². The Balaban J connectivity index is 2.00. The summed E-state index contributed by atoms with van der Waals surface area (Å²) >= 11 is 0. The first kappa shape index (κ1) is 46.8. The average Bonchev–Trinajstić information content (AvgIpc) is 3.15. The molecule has 0 unspecified atom stereocenters. The van der Waals surface area contributed by atoms with Crippen LogP contribution in [-0.4, -0.2) is 106 Å². The number of nitrogens with two attached hydrogens (primary N) is 1. The van der Waals surface area contributed by atoms with E-state index in [0.717, 1.165) is 0 Å². The highest BCUT2D eigenvalue weighted by Crippen LogP contribution is 2.12. The van der Waals surface area contributed by atoms with Gasteiger partial charge in [0.1, 0.15) is 36.0 Å². The first-order valence-electron chi connectivity index (χ1n) is 18.4.